The minimum absolute atomic E-state index is 0.168. The minimum Gasteiger partial charge on any atom is -0.346 e. The van der Waals surface area contributed by atoms with Crippen LogP contribution >= 0.6 is 0 Å². The van der Waals surface area contributed by atoms with Gasteiger partial charge in [-0.25, -0.2) is 0 Å². The van der Waals surface area contributed by atoms with Gasteiger partial charge in [-0.15, -0.1) is 0 Å². The maximum Gasteiger partial charge on any atom is 0.222 e. The quantitative estimate of drug-likeness (QED) is 0.939. The molecule has 1 aliphatic rings. The van der Waals surface area contributed by atoms with Crippen LogP contribution in [0, 0.1) is 0 Å². The highest BCUT2D eigenvalue weighted by Gasteiger charge is 2.23. The fraction of sp³-hybridized carbons (Fsp3) is 0.350. The summed E-state index contributed by atoms with van der Waals surface area (Å²) in [6.45, 7) is 0.826. The number of amides is 1. The number of nitrogens with one attached hydrogen (secondary N) is 1. The zero-order valence-electron chi connectivity index (χ0n) is 13.6. The molecule has 0 radical (unpaired) electrons. The monoisotopic (exact) mass is 308 g/mol. The average molecular weight is 308 g/mol. The summed E-state index contributed by atoms with van der Waals surface area (Å²) < 4.78 is 0. The number of nitrogens with zero attached hydrogens (tertiary/aromatic N) is 1. The second-order valence-corrected chi connectivity index (χ2v) is 6.26. The fourth-order valence-electron chi connectivity index (χ4n) is 3.19. The van der Waals surface area contributed by atoms with Crippen LogP contribution < -0.4 is 5.32 Å². The Morgan fingerprint density at radius 1 is 0.957 bits per heavy atom. The molecule has 1 unspecified atom stereocenters. The molecule has 1 heterocycles. The third kappa shape index (κ3) is 3.99. The number of carbonyl (C=O) groups excluding carboxylic acids is 1. The average Bonchev–Trinajstić information content (AvgIpc) is 2.77. The van der Waals surface area contributed by atoms with E-state index in [1.807, 2.05) is 24.1 Å². The van der Waals surface area contributed by atoms with Gasteiger partial charge < -0.3 is 10.2 Å². The molecule has 3 rings (SSSR count). The van der Waals surface area contributed by atoms with E-state index in [1.165, 1.54) is 11.1 Å². The molecule has 120 valence electrons. The lowest BCUT2D eigenvalue weighted by Crippen LogP contribution is -2.34. The van der Waals surface area contributed by atoms with Crippen molar-refractivity contribution in [3.8, 4) is 0 Å². The van der Waals surface area contributed by atoms with E-state index in [9.17, 15) is 4.79 Å². The van der Waals surface area contributed by atoms with Gasteiger partial charge in [-0.05, 0) is 24.0 Å². The van der Waals surface area contributed by atoms with Gasteiger partial charge in [0.05, 0.1) is 6.04 Å². The number of hydrogen-bond acceptors (Lipinski definition) is 2. The Labute approximate surface area is 138 Å². The molecule has 2 aromatic carbocycles. The fourth-order valence-corrected chi connectivity index (χ4v) is 3.19. The maximum absolute atomic E-state index is 11.9. The van der Waals surface area contributed by atoms with Crippen molar-refractivity contribution in [2.75, 3.05) is 13.6 Å². The molecule has 0 spiro atoms. The summed E-state index contributed by atoms with van der Waals surface area (Å²) in [6, 6.07) is 21.6. The zero-order chi connectivity index (χ0) is 16.1. The highest BCUT2D eigenvalue weighted by Crippen LogP contribution is 2.24. The highest BCUT2D eigenvalue weighted by atomic mass is 16.2. The van der Waals surface area contributed by atoms with Crippen molar-refractivity contribution in [3.05, 3.63) is 71.8 Å². The number of carbonyl (C=O) groups is 1. The molecule has 3 heteroatoms. The van der Waals surface area contributed by atoms with Gasteiger partial charge in [-0.2, -0.15) is 0 Å². The van der Waals surface area contributed by atoms with Gasteiger partial charge in [0.1, 0.15) is 0 Å². The molecular formula is C20H24N2O. The maximum atomic E-state index is 11.9. The molecule has 3 nitrogen and oxygen atoms in total. The van der Waals surface area contributed by atoms with E-state index in [1.54, 1.807) is 0 Å². The first-order valence-corrected chi connectivity index (χ1v) is 8.34. The van der Waals surface area contributed by atoms with Crippen molar-refractivity contribution in [1.29, 1.82) is 0 Å². The van der Waals surface area contributed by atoms with Gasteiger partial charge in [0.2, 0.25) is 5.91 Å². The minimum atomic E-state index is 0.168. The molecule has 1 N–H and O–H groups in total. The van der Waals surface area contributed by atoms with E-state index in [4.69, 9.17) is 0 Å². The van der Waals surface area contributed by atoms with Gasteiger partial charge in [0.25, 0.3) is 0 Å². The van der Waals surface area contributed by atoms with E-state index < -0.39 is 0 Å². The van der Waals surface area contributed by atoms with E-state index in [-0.39, 0.29) is 11.9 Å². The number of rotatable bonds is 4. The third-order valence-electron chi connectivity index (χ3n) is 4.61. The molecule has 0 bridgehead atoms. The Hall–Kier alpha value is -2.13. The van der Waals surface area contributed by atoms with Crippen LogP contribution in [0.4, 0.5) is 0 Å². The summed E-state index contributed by atoms with van der Waals surface area (Å²) in [4.78, 5) is 13.7. The van der Waals surface area contributed by atoms with E-state index >= 15 is 0 Å². The lowest BCUT2D eigenvalue weighted by atomic mass is 9.96. The van der Waals surface area contributed by atoms with Crippen molar-refractivity contribution in [2.45, 2.75) is 31.3 Å². The van der Waals surface area contributed by atoms with Crippen LogP contribution in [0.3, 0.4) is 0 Å². The van der Waals surface area contributed by atoms with E-state index in [0.29, 0.717) is 12.5 Å². The first kappa shape index (κ1) is 15.8. The number of benzene rings is 2. The second kappa shape index (κ2) is 7.42. The van der Waals surface area contributed by atoms with Crippen LogP contribution in [0.5, 0.6) is 0 Å². The largest absolute Gasteiger partial charge is 0.346 e. The molecule has 0 aliphatic carbocycles. The van der Waals surface area contributed by atoms with Crippen molar-refractivity contribution in [3.63, 3.8) is 0 Å². The standard InChI is InChI=1S/C20H24N2O/c1-22-15-14-18(12-13-19(22)23)21-20(16-8-4-2-5-9-16)17-10-6-3-7-11-17/h2-11,18,20-21H,12-15H2,1H3. The lowest BCUT2D eigenvalue weighted by molar-refractivity contribution is -0.129. The summed E-state index contributed by atoms with van der Waals surface area (Å²) in [7, 11) is 1.90. The Bertz CT molecular complexity index is 587. The summed E-state index contributed by atoms with van der Waals surface area (Å²) in [6.07, 6.45) is 2.53. The van der Waals surface area contributed by atoms with Crippen LogP contribution in [0.2, 0.25) is 0 Å². The summed E-state index contributed by atoms with van der Waals surface area (Å²) in [5.41, 5.74) is 2.53. The van der Waals surface area contributed by atoms with Crippen LogP contribution in [0.1, 0.15) is 36.4 Å². The number of likely N-dealkylation sites (tertiary alicyclic amines) is 1. The van der Waals surface area contributed by atoms with Gasteiger partial charge in [-0.3, -0.25) is 4.79 Å². The zero-order valence-corrected chi connectivity index (χ0v) is 13.6. The van der Waals surface area contributed by atoms with Crippen molar-refractivity contribution < 1.29 is 4.79 Å². The normalized spacial score (nSPS) is 19.0. The van der Waals surface area contributed by atoms with E-state index in [2.05, 4.69) is 53.8 Å². The molecule has 1 saturated heterocycles. The van der Waals surface area contributed by atoms with Crippen LogP contribution in [-0.4, -0.2) is 30.4 Å². The third-order valence-corrected chi connectivity index (χ3v) is 4.61. The molecule has 2 aromatic rings. The SMILES string of the molecule is CN1CCC(NC(c2ccccc2)c2ccccc2)CCC1=O. The van der Waals surface area contributed by atoms with Gasteiger partial charge in [0, 0.05) is 26.1 Å². The summed E-state index contributed by atoms with van der Waals surface area (Å²) in [5, 5.41) is 3.79. The van der Waals surface area contributed by atoms with E-state index in [0.717, 1.165) is 19.4 Å². The topological polar surface area (TPSA) is 32.3 Å². The Morgan fingerprint density at radius 3 is 2.09 bits per heavy atom. The van der Waals surface area contributed by atoms with Crippen molar-refractivity contribution >= 4 is 5.91 Å². The Morgan fingerprint density at radius 2 is 1.52 bits per heavy atom. The van der Waals surface area contributed by atoms with Gasteiger partial charge >= 0.3 is 0 Å². The lowest BCUT2D eigenvalue weighted by Gasteiger charge is -2.26. The summed E-state index contributed by atoms with van der Waals surface area (Å²) in [5.74, 6) is 0.255. The molecule has 0 saturated carbocycles. The van der Waals surface area contributed by atoms with Crippen molar-refractivity contribution in [1.82, 2.24) is 10.2 Å². The summed E-state index contributed by atoms with van der Waals surface area (Å²) >= 11 is 0. The molecule has 1 amide bonds. The predicted octanol–water partition coefficient (Wildman–Crippen LogP) is 3.38. The second-order valence-electron chi connectivity index (χ2n) is 6.26. The molecule has 1 fully saturated rings. The number of hydrogen-bond donors (Lipinski definition) is 1. The van der Waals surface area contributed by atoms with Gasteiger partial charge in [-0.1, -0.05) is 60.7 Å². The predicted molar refractivity (Wildman–Crippen MR) is 93.1 cm³/mol. The molecule has 1 aliphatic heterocycles. The molecular weight excluding hydrogens is 284 g/mol. The van der Waals surface area contributed by atoms with Crippen LogP contribution in [0.25, 0.3) is 0 Å². The Kier molecular flexibility index (Phi) is 5.09. The molecule has 1 atom stereocenters. The van der Waals surface area contributed by atoms with Crippen LogP contribution in [0.15, 0.2) is 60.7 Å². The molecule has 23 heavy (non-hydrogen) atoms. The Balaban J connectivity index is 1.81. The van der Waals surface area contributed by atoms with Crippen LogP contribution in [-0.2, 0) is 4.79 Å². The van der Waals surface area contributed by atoms with Crippen molar-refractivity contribution in [2.24, 2.45) is 0 Å². The first-order valence-electron chi connectivity index (χ1n) is 8.34. The smallest absolute Gasteiger partial charge is 0.222 e. The highest BCUT2D eigenvalue weighted by molar-refractivity contribution is 5.76. The first-order chi connectivity index (χ1) is 11.2. The van der Waals surface area contributed by atoms with Gasteiger partial charge in [0.15, 0.2) is 0 Å². The molecule has 0 aromatic heterocycles.